The van der Waals surface area contributed by atoms with E-state index in [1.165, 1.54) is 0 Å². The van der Waals surface area contributed by atoms with Crippen LogP contribution in [0.1, 0.15) is 72.3 Å². The molecule has 0 aliphatic carbocycles. The molecular formula is C25H39N3O5. The second kappa shape index (κ2) is 11.9. The number of nitrogens with zero attached hydrogens (tertiary/aromatic N) is 1. The van der Waals surface area contributed by atoms with E-state index in [9.17, 15) is 14.4 Å². The van der Waals surface area contributed by atoms with Crippen LogP contribution >= 0.6 is 0 Å². The molecule has 184 valence electrons. The van der Waals surface area contributed by atoms with E-state index < -0.39 is 17.8 Å². The molecule has 0 bridgehead atoms. The van der Waals surface area contributed by atoms with E-state index in [1.807, 2.05) is 24.3 Å². The standard InChI is InChI=1S/C25H39N3O5/c1-17(2)20-9-7-8-10-21(20)32-18(3)23(30)28-15-12-19(13-16-28)27-22(29)11-14-26-24(31)33-25(4,5)6/h7-10,17-19H,11-16H2,1-6H3,(H,26,31)(H,27,29). The predicted molar refractivity (Wildman–Crippen MR) is 127 cm³/mol. The van der Waals surface area contributed by atoms with Crippen molar-refractivity contribution in [1.29, 1.82) is 0 Å². The number of amides is 3. The van der Waals surface area contributed by atoms with Crippen LogP contribution in [0.4, 0.5) is 4.79 Å². The van der Waals surface area contributed by atoms with Gasteiger partial charge in [-0.25, -0.2) is 4.79 Å². The normalized spacial score (nSPS) is 15.7. The number of alkyl carbamates (subject to hydrolysis) is 1. The van der Waals surface area contributed by atoms with Crippen LogP contribution in [-0.2, 0) is 14.3 Å². The van der Waals surface area contributed by atoms with Gasteiger partial charge in [0.05, 0.1) is 0 Å². The van der Waals surface area contributed by atoms with Gasteiger partial charge >= 0.3 is 6.09 Å². The highest BCUT2D eigenvalue weighted by atomic mass is 16.6. The maximum Gasteiger partial charge on any atom is 0.407 e. The maximum atomic E-state index is 12.9. The molecule has 8 nitrogen and oxygen atoms in total. The monoisotopic (exact) mass is 461 g/mol. The van der Waals surface area contributed by atoms with Crippen molar-refractivity contribution in [3.63, 3.8) is 0 Å². The third-order valence-electron chi connectivity index (χ3n) is 5.38. The third kappa shape index (κ3) is 8.94. The minimum Gasteiger partial charge on any atom is -0.481 e. The van der Waals surface area contributed by atoms with Gasteiger partial charge < -0.3 is 25.0 Å². The van der Waals surface area contributed by atoms with Crippen molar-refractivity contribution in [2.24, 2.45) is 0 Å². The highest BCUT2D eigenvalue weighted by molar-refractivity contribution is 5.81. The van der Waals surface area contributed by atoms with Crippen LogP contribution in [0.5, 0.6) is 5.75 Å². The lowest BCUT2D eigenvalue weighted by Gasteiger charge is -2.34. The molecule has 0 aromatic heterocycles. The molecule has 8 heteroatoms. The predicted octanol–water partition coefficient (Wildman–Crippen LogP) is 3.60. The Hall–Kier alpha value is -2.77. The molecule has 1 fully saturated rings. The summed E-state index contributed by atoms with van der Waals surface area (Å²) in [6.45, 7) is 12.7. The van der Waals surface area contributed by atoms with Crippen molar-refractivity contribution in [2.75, 3.05) is 19.6 Å². The Labute approximate surface area is 197 Å². The second-order valence-corrected chi connectivity index (χ2v) is 9.80. The summed E-state index contributed by atoms with van der Waals surface area (Å²) in [7, 11) is 0. The van der Waals surface area contributed by atoms with Crippen molar-refractivity contribution in [1.82, 2.24) is 15.5 Å². The number of ether oxygens (including phenoxy) is 2. The number of likely N-dealkylation sites (tertiary alicyclic amines) is 1. The van der Waals surface area contributed by atoms with Gasteiger partial charge in [-0.05, 0) is 58.1 Å². The van der Waals surface area contributed by atoms with Crippen LogP contribution < -0.4 is 15.4 Å². The molecule has 1 heterocycles. The molecule has 2 N–H and O–H groups in total. The molecule has 1 unspecified atom stereocenters. The Kier molecular flexibility index (Phi) is 9.56. The van der Waals surface area contributed by atoms with E-state index in [0.29, 0.717) is 31.8 Å². The molecule has 1 atom stereocenters. The van der Waals surface area contributed by atoms with Gasteiger partial charge in [0.2, 0.25) is 5.91 Å². The zero-order chi connectivity index (χ0) is 24.6. The van der Waals surface area contributed by atoms with Crippen LogP contribution in [0.25, 0.3) is 0 Å². The van der Waals surface area contributed by atoms with Gasteiger partial charge in [0, 0.05) is 32.1 Å². The lowest BCUT2D eigenvalue weighted by atomic mass is 10.0. The molecule has 0 radical (unpaired) electrons. The van der Waals surface area contributed by atoms with Gasteiger partial charge in [-0.3, -0.25) is 9.59 Å². The van der Waals surface area contributed by atoms with Crippen molar-refractivity contribution in [2.45, 2.75) is 84.5 Å². The number of carbonyl (C=O) groups is 3. The highest BCUT2D eigenvalue weighted by Gasteiger charge is 2.28. The smallest absolute Gasteiger partial charge is 0.407 e. The zero-order valence-electron chi connectivity index (χ0n) is 20.8. The van der Waals surface area contributed by atoms with E-state index in [2.05, 4.69) is 24.5 Å². The lowest BCUT2D eigenvalue weighted by molar-refractivity contribution is -0.139. The van der Waals surface area contributed by atoms with Gasteiger partial charge in [-0.1, -0.05) is 32.0 Å². The lowest BCUT2D eigenvalue weighted by Crippen LogP contribution is -2.49. The molecule has 0 saturated carbocycles. The summed E-state index contributed by atoms with van der Waals surface area (Å²) >= 11 is 0. The average Bonchev–Trinajstić information content (AvgIpc) is 2.72. The average molecular weight is 462 g/mol. The Bertz CT molecular complexity index is 811. The van der Waals surface area contributed by atoms with Crippen LogP contribution in [0.2, 0.25) is 0 Å². The molecule has 1 aliphatic rings. The van der Waals surface area contributed by atoms with Crippen LogP contribution in [0.15, 0.2) is 24.3 Å². The molecule has 0 spiro atoms. The topological polar surface area (TPSA) is 97.0 Å². The number of benzene rings is 1. The number of carbonyl (C=O) groups excluding carboxylic acids is 3. The van der Waals surface area contributed by atoms with Gasteiger partial charge in [0.1, 0.15) is 11.4 Å². The number of hydrogen-bond donors (Lipinski definition) is 2. The van der Waals surface area contributed by atoms with Crippen LogP contribution in [0.3, 0.4) is 0 Å². The van der Waals surface area contributed by atoms with Gasteiger partial charge in [-0.15, -0.1) is 0 Å². The summed E-state index contributed by atoms with van der Waals surface area (Å²) in [6, 6.07) is 7.82. The minimum atomic E-state index is -0.574. The van der Waals surface area contributed by atoms with Gasteiger partial charge in [0.15, 0.2) is 6.10 Å². The van der Waals surface area contributed by atoms with E-state index in [-0.39, 0.29) is 30.8 Å². The quantitative estimate of drug-likeness (QED) is 0.617. The first-order valence-corrected chi connectivity index (χ1v) is 11.8. The molecule has 1 aromatic carbocycles. The molecule has 1 saturated heterocycles. The first kappa shape index (κ1) is 26.5. The summed E-state index contributed by atoms with van der Waals surface area (Å²) < 4.78 is 11.2. The Morgan fingerprint density at radius 2 is 1.73 bits per heavy atom. The summed E-state index contributed by atoms with van der Waals surface area (Å²) in [5, 5.41) is 5.57. The Balaban J connectivity index is 1.73. The molecular weight excluding hydrogens is 422 g/mol. The summed E-state index contributed by atoms with van der Waals surface area (Å²) in [6.07, 6.45) is 0.446. The first-order valence-electron chi connectivity index (χ1n) is 11.8. The molecule has 2 rings (SSSR count). The molecule has 1 aliphatic heterocycles. The van der Waals surface area contributed by atoms with E-state index in [1.54, 1.807) is 32.6 Å². The number of hydrogen-bond acceptors (Lipinski definition) is 5. The first-order chi connectivity index (χ1) is 15.5. The number of piperidine rings is 1. The van der Waals surface area contributed by atoms with Crippen LogP contribution in [-0.4, -0.2) is 60.2 Å². The fourth-order valence-electron chi connectivity index (χ4n) is 3.70. The van der Waals surface area contributed by atoms with Crippen molar-refractivity contribution in [3.8, 4) is 5.75 Å². The molecule has 33 heavy (non-hydrogen) atoms. The van der Waals surface area contributed by atoms with E-state index >= 15 is 0 Å². The third-order valence-corrected chi connectivity index (χ3v) is 5.38. The zero-order valence-corrected chi connectivity index (χ0v) is 20.8. The fourth-order valence-corrected chi connectivity index (χ4v) is 3.70. The Morgan fingerprint density at radius 3 is 2.33 bits per heavy atom. The van der Waals surface area contributed by atoms with Crippen LogP contribution in [0, 0.1) is 0 Å². The summed E-state index contributed by atoms with van der Waals surface area (Å²) in [5.41, 5.74) is 0.512. The van der Waals surface area contributed by atoms with Crippen molar-refractivity contribution < 1.29 is 23.9 Å². The van der Waals surface area contributed by atoms with Gasteiger partial charge in [0.25, 0.3) is 5.91 Å². The van der Waals surface area contributed by atoms with Gasteiger partial charge in [-0.2, -0.15) is 0 Å². The minimum absolute atomic E-state index is 0.0148. The van der Waals surface area contributed by atoms with E-state index in [0.717, 1.165) is 11.3 Å². The maximum absolute atomic E-state index is 12.9. The second-order valence-electron chi connectivity index (χ2n) is 9.80. The number of nitrogens with one attached hydrogen (secondary N) is 2. The Morgan fingerprint density at radius 1 is 1.09 bits per heavy atom. The summed E-state index contributed by atoms with van der Waals surface area (Å²) in [4.78, 5) is 38.5. The molecule has 3 amide bonds. The fraction of sp³-hybridized carbons (Fsp3) is 0.640. The molecule has 1 aromatic rings. The SMILES string of the molecule is CC(Oc1ccccc1C(C)C)C(=O)N1CCC(NC(=O)CCNC(=O)OC(C)(C)C)CC1. The van der Waals surface area contributed by atoms with Crippen molar-refractivity contribution in [3.05, 3.63) is 29.8 Å². The summed E-state index contributed by atoms with van der Waals surface area (Å²) in [5.74, 6) is 0.885. The highest BCUT2D eigenvalue weighted by Crippen LogP contribution is 2.27. The largest absolute Gasteiger partial charge is 0.481 e. The van der Waals surface area contributed by atoms with Crippen molar-refractivity contribution >= 4 is 17.9 Å². The number of rotatable bonds is 8. The van der Waals surface area contributed by atoms with E-state index in [4.69, 9.17) is 9.47 Å². The number of para-hydroxylation sites is 1.